The Bertz CT molecular complexity index is 1080. The van der Waals surface area contributed by atoms with Gasteiger partial charge in [0.1, 0.15) is 11.3 Å². The highest BCUT2D eigenvalue weighted by Crippen LogP contribution is 2.26. The monoisotopic (exact) mass is 413 g/mol. The molecule has 1 saturated heterocycles. The van der Waals surface area contributed by atoms with Gasteiger partial charge in [-0.1, -0.05) is 30.4 Å². The number of ether oxygens (including phenoxy) is 1. The number of nitrogens with one attached hydrogen (secondary N) is 1. The number of piperidine rings is 1. The summed E-state index contributed by atoms with van der Waals surface area (Å²) >= 11 is 1.38. The normalized spacial score (nSPS) is 16.8. The van der Waals surface area contributed by atoms with E-state index in [1.165, 1.54) is 28.5 Å². The summed E-state index contributed by atoms with van der Waals surface area (Å²) in [5, 5.41) is 7.98. The predicted molar refractivity (Wildman–Crippen MR) is 112 cm³/mol. The molecule has 0 radical (unpaired) electrons. The van der Waals surface area contributed by atoms with Crippen LogP contribution in [0.1, 0.15) is 35.7 Å². The van der Waals surface area contributed by atoms with E-state index in [0.29, 0.717) is 17.4 Å². The molecule has 0 bridgehead atoms. The lowest BCUT2D eigenvalue weighted by molar-refractivity contribution is 0.0948. The molecule has 1 atom stereocenters. The van der Waals surface area contributed by atoms with E-state index in [4.69, 9.17) is 4.74 Å². The fraction of sp³-hybridized carbons (Fsp3) is 0.400. The number of nitrogens with zero attached hydrogens (tertiary/aromatic N) is 4. The van der Waals surface area contributed by atoms with Crippen molar-refractivity contribution in [3.63, 3.8) is 0 Å². The molecule has 1 N–H and O–H groups in total. The summed E-state index contributed by atoms with van der Waals surface area (Å²) in [5.41, 5.74) is 0.443. The van der Waals surface area contributed by atoms with Crippen LogP contribution in [0, 0.1) is 5.92 Å². The molecule has 1 amide bonds. The van der Waals surface area contributed by atoms with Gasteiger partial charge in [-0.3, -0.25) is 9.59 Å². The molecule has 1 aliphatic heterocycles. The van der Waals surface area contributed by atoms with Crippen LogP contribution in [0.4, 0.5) is 5.13 Å². The molecule has 3 aromatic rings. The minimum absolute atomic E-state index is 0.0140. The summed E-state index contributed by atoms with van der Waals surface area (Å²) in [5.74, 6) is 0.879. The summed E-state index contributed by atoms with van der Waals surface area (Å²) in [6.07, 6.45) is 3.65. The number of aromatic nitrogens is 3. The maximum absolute atomic E-state index is 12.8. The van der Waals surface area contributed by atoms with Gasteiger partial charge in [-0.25, -0.2) is 4.98 Å². The minimum Gasteiger partial charge on any atom is -0.497 e. The second-order valence-electron chi connectivity index (χ2n) is 7.28. The van der Waals surface area contributed by atoms with Crippen molar-refractivity contribution in [1.82, 2.24) is 19.9 Å². The molecule has 4 rings (SSSR count). The van der Waals surface area contributed by atoms with Gasteiger partial charge >= 0.3 is 0 Å². The molecule has 3 heterocycles. The summed E-state index contributed by atoms with van der Waals surface area (Å²) in [6, 6.07) is 7.37. The average Bonchev–Trinajstić information content (AvgIpc) is 3.18. The van der Waals surface area contributed by atoms with E-state index in [-0.39, 0.29) is 5.56 Å². The molecule has 0 saturated carbocycles. The van der Waals surface area contributed by atoms with E-state index < -0.39 is 11.5 Å². The van der Waals surface area contributed by atoms with E-state index in [0.717, 1.165) is 36.0 Å². The number of carbonyl (C=O) groups is 1. The molecule has 2 aromatic heterocycles. The highest BCUT2D eigenvalue weighted by atomic mass is 32.1. The smallest absolute Gasteiger partial charge is 0.288 e. The Balaban J connectivity index is 1.51. The van der Waals surface area contributed by atoms with Crippen LogP contribution in [0.2, 0.25) is 0 Å². The maximum atomic E-state index is 12.8. The highest BCUT2D eigenvalue weighted by Gasteiger charge is 2.22. The van der Waals surface area contributed by atoms with Gasteiger partial charge in [0.2, 0.25) is 10.1 Å². The quantitative estimate of drug-likeness (QED) is 0.691. The zero-order valence-corrected chi connectivity index (χ0v) is 17.2. The first-order valence-corrected chi connectivity index (χ1v) is 10.4. The average molecular weight is 414 g/mol. The van der Waals surface area contributed by atoms with E-state index in [1.54, 1.807) is 7.11 Å². The maximum Gasteiger partial charge on any atom is 0.288 e. The molecule has 8 nitrogen and oxygen atoms in total. The van der Waals surface area contributed by atoms with Crippen molar-refractivity contribution in [3.05, 3.63) is 51.9 Å². The topological polar surface area (TPSA) is 88.8 Å². The Labute approximate surface area is 172 Å². The van der Waals surface area contributed by atoms with E-state index >= 15 is 0 Å². The Morgan fingerprint density at radius 2 is 2.14 bits per heavy atom. The van der Waals surface area contributed by atoms with Gasteiger partial charge in [0.05, 0.1) is 7.11 Å². The van der Waals surface area contributed by atoms with Crippen LogP contribution < -0.4 is 20.5 Å². The second kappa shape index (κ2) is 8.20. The fourth-order valence-corrected chi connectivity index (χ4v) is 4.34. The van der Waals surface area contributed by atoms with Gasteiger partial charge in [-0.05, 0) is 36.5 Å². The highest BCUT2D eigenvalue weighted by molar-refractivity contribution is 7.20. The third-order valence-corrected chi connectivity index (χ3v) is 6.04. The van der Waals surface area contributed by atoms with Crippen molar-refractivity contribution in [2.75, 3.05) is 25.1 Å². The van der Waals surface area contributed by atoms with Gasteiger partial charge in [0.25, 0.3) is 11.5 Å². The first-order valence-electron chi connectivity index (χ1n) is 9.60. The Morgan fingerprint density at radius 3 is 2.86 bits per heavy atom. The lowest BCUT2D eigenvalue weighted by atomic mass is 10.0. The molecule has 1 aliphatic rings. The second-order valence-corrected chi connectivity index (χ2v) is 8.21. The van der Waals surface area contributed by atoms with E-state index in [9.17, 15) is 9.59 Å². The molecule has 0 aliphatic carbocycles. The van der Waals surface area contributed by atoms with Crippen LogP contribution in [0.25, 0.3) is 4.96 Å². The largest absolute Gasteiger partial charge is 0.497 e. The van der Waals surface area contributed by atoms with Gasteiger partial charge in [-0.2, -0.15) is 4.52 Å². The third-order valence-electron chi connectivity index (χ3n) is 5.06. The number of methoxy groups -OCH3 is 1. The number of anilines is 1. The van der Waals surface area contributed by atoms with Crippen molar-refractivity contribution in [3.8, 4) is 5.75 Å². The number of rotatable bonds is 5. The summed E-state index contributed by atoms with van der Waals surface area (Å²) in [6.45, 7) is 4.37. The number of carbonyl (C=O) groups excluding carboxylic acids is 1. The van der Waals surface area contributed by atoms with Crippen molar-refractivity contribution < 1.29 is 9.53 Å². The zero-order valence-electron chi connectivity index (χ0n) is 16.4. The van der Waals surface area contributed by atoms with Crippen LogP contribution in [0.5, 0.6) is 5.75 Å². The molecular formula is C20H23N5O3S. The minimum atomic E-state index is -0.464. The van der Waals surface area contributed by atoms with E-state index in [1.807, 2.05) is 24.3 Å². The van der Waals surface area contributed by atoms with Crippen LogP contribution in [-0.4, -0.2) is 40.7 Å². The molecule has 152 valence electrons. The Hall–Kier alpha value is -2.94. The molecule has 29 heavy (non-hydrogen) atoms. The number of hydrogen-bond acceptors (Lipinski definition) is 7. The van der Waals surface area contributed by atoms with Crippen LogP contribution in [0.15, 0.2) is 35.3 Å². The summed E-state index contributed by atoms with van der Waals surface area (Å²) in [4.78, 5) is 32.3. The first kappa shape index (κ1) is 19.4. The first-order chi connectivity index (χ1) is 14.0. The van der Waals surface area contributed by atoms with Crippen molar-refractivity contribution in [2.45, 2.75) is 26.3 Å². The van der Waals surface area contributed by atoms with Crippen molar-refractivity contribution in [2.24, 2.45) is 5.92 Å². The lowest BCUT2D eigenvalue weighted by Crippen LogP contribution is -2.34. The van der Waals surface area contributed by atoms with E-state index in [2.05, 4.69) is 27.2 Å². The van der Waals surface area contributed by atoms with Crippen LogP contribution >= 0.6 is 11.3 Å². The predicted octanol–water partition coefficient (Wildman–Crippen LogP) is 2.33. The number of amides is 1. The summed E-state index contributed by atoms with van der Waals surface area (Å²) in [7, 11) is 1.60. The van der Waals surface area contributed by atoms with Crippen molar-refractivity contribution >= 4 is 27.3 Å². The van der Waals surface area contributed by atoms with Crippen LogP contribution in [0.3, 0.4) is 0 Å². The van der Waals surface area contributed by atoms with Crippen LogP contribution in [-0.2, 0) is 6.54 Å². The Morgan fingerprint density at radius 1 is 1.34 bits per heavy atom. The van der Waals surface area contributed by atoms with Gasteiger partial charge in [-0.15, -0.1) is 5.10 Å². The van der Waals surface area contributed by atoms with Gasteiger partial charge in [0, 0.05) is 25.8 Å². The Kier molecular flexibility index (Phi) is 5.48. The number of fused-ring (bicyclic) bond motifs is 1. The molecule has 1 fully saturated rings. The third kappa shape index (κ3) is 4.09. The molecular weight excluding hydrogens is 390 g/mol. The number of benzene rings is 1. The van der Waals surface area contributed by atoms with Gasteiger partial charge in [0.15, 0.2) is 0 Å². The fourth-order valence-electron chi connectivity index (χ4n) is 3.44. The lowest BCUT2D eigenvalue weighted by Gasteiger charge is -2.30. The molecule has 0 spiro atoms. The zero-order chi connectivity index (χ0) is 20.4. The van der Waals surface area contributed by atoms with Crippen molar-refractivity contribution in [1.29, 1.82) is 0 Å². The molecule has 9 heteroatoms. The standard InChI is InChI=1S/C20H23N5O3S/c1-13-4-3-9-24(12-13)20-23-25-18(27)16(11-22-19(25)29-20)17(26)21-10-14-5-7-15(28-2)8-6-14/h5-8,11,13H,3-4,9-10,12H2,1-2H3,(H,21,26)/t13-/m1/s1. The molecule has 0 unspecified atom stereocenters. The summed E-state index contributed by atoms with van der Waals surface area (Å²) < 4.78 is 6.36. The number of hydrogen-bond donors (Lipinski definition) is 1. The SMILES string of the molecule is COc1ccc(CNC(=O)c2cnc3sc(N4CCC[C@@H](C)C4)nn3c2=O)cc1. The molecule has 1 aromatic carbocycles. The van der Waals surface area contributed by atoms with Gasteiger partial charge < -0.3 is 15.0 Å².